The topological polar surface area (TPSA) is 93.1 Å². The monoisotopic (exact) mass is 368 g/mol. The van der Waals surface area contributed by atoms with E-state index >= 15 is 0 Å². The minimum atomic E-state index is -0.556. The van der Waals surface area contributed by atoms with Gasteiger partial charge in [-0.1, -0.05) is 12.1 Å². The zero-order chi connectivity index (χ0) is 19.4. The molecule has 0 unspecified atom stereocenters. The molecule has 0 aliphatic rings. The number of amides is 2. The third kappa shape index (κ3) is 4.17. The van der Waals surface area contributed by atoms with E-state index in [4.69, 9.17) is 0 Å². The molecule has 3 rings (SSSR count). The van der Waals surface area contributed by atoms with Crippen molar-refractivity contribution in [3.63, 3.8) is 0 Å². The van der Waals surface area contributed by atoms with Gasteiger partial charge in [0.05, 0.1) is 10.9 Å². The number of nitrogens with one attached hydrogen (secondary N) is 2. The minimum Gasteiger partial charge on any atom is -0.299 e. The largest absolute Gasteiger partial charge is 0.299 e. The van der Waals surface area contributed by atoms with Crippen molar-refractivity contribution < 1.29 is 14.0 Å². The number of halogens is 1. The summed E-state index contributed by atoms with van der Waals surface area (Å²) < 4.78 is 14.3. The Bertz CT molecular complexity index is 1060. The third-order valence-electron chi connectivity index (χ3n) is 4.07. The van der Waals surface area contributed by atoms with Crippen LogP contribution in [0.4, 0.5) is 4.39 Å². The second-order valence-corrected chi connectivity index (χ2v) is 5.92. The van der Waals surface area contributed by atoms with Crippen molar-refractivity contribution in [3.05, 3.63) is 76.1 Å². The normalized spacial score (nSPS) is 10.6. The first kappa shape index (κ1) is 18.2. The van der Waals surface area contributed by atoms with Crippen LogP contribution in [-0.2, 0) is 18.3 Å². The van der Waals surface area contributed by atoms with Gasteiger partial charge >= 0.3 is 0 Å². The second kappa shape index (κ2) is 7.77. The SMILES string of the molecule is Cn1c(CCC(=O)NNC(=O)c2ccc(F)cc2)nc2ccccc2c1=O. The molecule has 138 valence electrons. The maximum Gasteiger partial charge on any atom is 0.269 e. The van der Waals surface area contributed by atoms with E-state index in [9.17, 15) is 18.8 Å². The fraction of sp³-hybridized carbons (Fsp3) is 0.158. The standard InChI is InChI=1S/C19H17FN4O3/c1-24-16(21-15-5-3-2-4-14(15)19(24)27)10-11-17(25)22-23-18(26)12-6-8-13(20)9-7-12/h2-9H,10-11H2,1H3,(H,22,25)(H,23,26). The highest BCUT2D eigenvalue weighted by Crippen LogP contribution is 2.08. The van der Waals surface area contributed by atoms with E-state index in [0.29, 0.717) is 16.7 Å². The van der Waals surface area contributed by atoms with E-state index < -0.39 is 17.6 Å². The molecule has 3 aromatic rings. The number of hydrogen-bond acceptors (Lipinski definition) is 4. The first-order valence-corrected chi connectivity index (χ1v) is 8.25. The Morgan fingerprint density at radius 1 is 1.07 bits per heavy atom. The first-order chi connectivity index (χ1) is 13.0. The first-order valence-electron chi connectivity index (χ1n) is 8.25. The van der Waals surface area contributed by atoms with E-state index in [2.05, 4.69) is 15.8 Å². The lowest BCUT2D eigenvalue weighted by Gasteiger charge is -2.10. The molecular weight excluding hydrogens is 351 g/mol. The fourth-order valence-electron chi connectivity index (χ4n) is 2.58. The van der Waals surface area contributed by atoms with Crippen molar-refractivity contribution in [2.24, 2.45) is 7.05 Å². The average Bonchev–Trinajstić information content (AvgIpc) is 2.68. The highest BCUT2D eigenvalue weighted by molar-refractivity contribution is 5.95. The molecule has 27 heavy (non-hydrogen) atoms. The number of aryl methyl sites for hydroxylation is 1. The summed E-state index contributed by atoms with van der Waals surface area (Å²) in [6.07, 6.45) is 0.261. The van der Waals surface area contributed by atoms with Gasteiger partial charge in [0.1, 0.15) is 11.6 Å². The number of hydrazine groups is 1. The Balaban J connectivity index is 1.60. The lowest BCUT2D eigenvalue weighted by molar-refractivity contribution is -0.121. The number of aromatic nitrogens is 2. The number of nitrogens with zero attached hydrogens (tertiary/aromatic N) is 2. The van der Waals surface area contributed by atoms with Gasteiger partial charge in [-0.15, -0.1) is 0 Å². The molecule has 0 saturated heterocycles. The summed E-state index contributed by atoms with van der Waals surface area (Å²) in [5.41, 5.74) is 5.16. The maximum atomic E-state index is 12.9. The van der Waals surface area contributed by atoms with Crippen LogP contribution >= 0.6 is 0 Å². The Morgan fingerprint density at radius 2 is 1.78 bits per heavy atom. The Morgan fingerprint density at radius 3 is 2.52 bits per heavy atom. The van der Waals surface area contributed by atoms with Crippen LogP contribution in [0.1, 0.15) is 22.6 Å². The van der Waals surface area contributed by atoms with Crippen LogP contribution in [0.2, 0.25) is 0 Å². The van der Waals surface area contributed by atoms with E-state index in [0.717, 1.165) is 12.1 Å². The molecule has 1 aromatic heterocycles. The molecule has 0 aliphatic carbocycles. The van der Waals surface area contributed by atoms with Crippen molar-refractivity contribution in [2.75, 3.05) is 0 Å². The van der Waals surface area contributed by atoms with E-state index in [1.54, 1.807) is 31.3 Å². The highest BCUT2D eigenvalue weighted by atomic mass is 19.1. The summed E-state index contributed by atoms with van der Waals surface area (Å²) >= 11 is 0. The molecular formula is C19H17FN4O3. The minimum absolute atomic E-state index is 0.0301. The number of rotatable bonds is 4. The van der Waals surface area contributed by atoms with E-state index in [1.165, 1.54) is 16.7 Å². The third-order valence-corrected chi connectivity index (χ3v) is 4.07. The summed E-state index contributed by atoms with van der Waals surface area (Å²) in [4.78, 5) is 40.6. The smallest absolute Gasteiger partial charge is 0.269 e. The van der Waals surface area contributed by atoms with Gasteiger partial charge in [-0.3, -0.25) is 29.8 Å². The number of fused-ring (bicyclic) bond motifs is 1. The van der Waals surface area contributed by atoms with Gasteiger partial charge in [-0.2, -0.15) is 0 Å². The molecule has 0 saturated carbocycles. The predicted octanol–water partition coefficient (Wildman–Crippen LogP) is 1.47. The molecule has 2 amide bonds. The molecule has 0 fully saturated rings. The van der Waals surface area contributed by atoms with Gasteiger partial charge < -0.3 is 0 Å². The quantitative estimate of drug-likeness (QED) is 0.682. The van der Waals surface area contributed by atoms with Gasteiger partial charge in [0.15, 0.2) is 0 Å². The lowest BCUT2D eigenvalue weighted by Crippen LogP contribution is -2.41. The average molecular weight is 368 g/mol. The predicted molar refractivity (Wildman–Crippen MR) is 97.3 cm³/mol. The number of hydrogen-bond donors (Lipinski definition) is 2. The van der Waals surface area contributed by atoms with Crippen LogP contribution in [0.15, 0.2) is 53.3 Å². The molecule has 2 aromatic carbocycles. The van der Waals surface area contributed by atoms with Crippen LogP contribution in [0.3, 0.4) is 0 Å². The lowest BCUT2D eigenvalue weighted by atomic mass is 10.2. The van der Waals surface area contributed by atoms with Crippen molar-refractivity contribution in [3.8, 4) is 0 Å². The van der Waals surface area contributed by atoms with Gasteiger partial charge in [0.25, 0.3) is 11.5 Å². The van der Waals surface area contributed by atoms with Crippen molar-refractivity contribution in [1.82, 2.24) is 20.4 Å². The molecule has 0 aliphatic heterocycles. The van der Waals surface area contributed by atoms with Crippen molar-refractivity contribution >= 4 is 22.7 Å². The Hall–Kier alpha value is -3.55. The van der Waals surface area contributed by atoms with Crippen LogP contribution in [-0.4, -0.2) is 21.4 Å². The summed E-state index contributed by atoms with van der Waals surface area (Å²) in [6.45, 7) is 0. The number of para-hydroxylation sites is 1. The summed E-state index contributed by atoms with van der Waals surface area (Å²) in [5.74, 6) is -0.977. The van der Waals surface area contributed by atoms with Crippen LogP contribution in [0.5, 0.6) is 0 Å². The number of benzene rings is 2. The van der Waals surface area contributed by atoms with E-state index in [-0.39, 0.29) is 24.0 Å². The summed E-state index contributed by atoms with van der Waals surface area (Å²) in [7, 11) is 1.60. The molecule has 0 bridgehead atoms. The van der Waals surface area contributed by atoms with Gasteiger partial charge in [0.2, 0.25) is 5.91 Å². The Labute approximate surface area is 153 Å². The Kier molecular flexibility index (Phi) is 5.25. The fourth-order valence-corrected chi connectivity index (χ4v) is 2.58. The maximum absolute atomic E-state index is 12.9. The molecule has 1 heterocycles. The molecule has 0 radical (unpaired) electrons. The van der Waals surface area contributed by atoms with Crippen LogP contribution in [0, 0.1) is 5.82 Å². The second-order valence-electron chi connectivity index (χ2n) is 5.92. The molecule has 0 spiro atoms. The molecule has 8 heteroatoms. The zero-order valence-corrected chi connectivity index (χ0v) is 14.5. The van der Waals surface area contributed by atoms with Crippen molar-refractivity contribution in [2.45, 2.75) is 12.8 Å². The van der Waals surface area contributed by atoms with Gasteiger partial charge in [-0.05, 0) is 36.4 Å². The van der Waals surface area contributed by atoms with Crippen LogP contribution in [0.25, 0.3) is 10.9 Å². The highest BCUT2D eigenvalue weighted by Gasteiger charge is 2.11. The van der Waals surface area contributed by atoms with Crippen LogP contribution < -0.4 is 16.4 Å². The molecule has 7 nitrogen and oxygen atoms in total. The zero-order valence-electron chi connectivity index (χ0n) is 14.5. The van der Waals surface area contributed by atoms with Gasteiger partial charge in [-0.25, -0.2) is 9.37 Å². The molecule has 2 N–H and O–H groups in total. The molecule has 0 atom stereocenters. The summed E-state index contributed by atoms with van der Waals surface area (Å²) in [6, 6.07) is 11.9. The van der Waals surface area contributed by atoms with E-state index in [1.807, 2.05) is 0 Å². The van der Waals surface area contributed by atoms with Gasteiger partial charge in [0, 0.05) is 25.5 Å². The van der Waals surface area contributed by atoms with Crippen molar-refractivity contribution in [1.29, 1.82) is 0 Å². The summed E-state index contributed by atoms with van der Waals surface area (Å²) in [5, 5.41) is 0.514. The number of carbonyl (C=O) groups is 2. The number of carbonyl (C=O) groups excluding carboxylic acids is 2.